The molecule has 4 nitrogen and oxygen atoms in total. The summed E-state index contributed by atoms with van der Waals surface area (Å²) >= 11 is 0. The first-order valence-corrected chi connectivity index (χ1v) is 7.38. The van der Waals surface area contributed by atoms with Crippen LogP contribution in [-0.4, -0.2) is 44.5 Å². The van der Waals surface area contributed by atoms with E-state index in [0.717, 1.165) is 25.9 Å². The fourth-order valence-corrected chi connectivity index (χ4v) is 2.70. The molecule has 1 aliphatic rings. The molecule has 1 amide bonds. The fourth-order valence-electron chi connectivity index (χ4n) is 2.70. The van der Waals surface area contributed by atoms with Crippen LogP contribution in [0.15, 0.2) is 30.3 Å². The minimum Gasteiger partial charge on any atom is -0.354 e. The Morgan fingerprint density at radius 3 is 2.36 bits per heavy atom. The maximum absolute atomic E-state index is 12.2. The summed E-state index contributed by atoms with van der Waals surface area (Å²) in [5, 5.41) is 6.41. The van der Waals surface area contributed by atoms with Crippen molar-refractivity contribution in [1.82, 2.24) is 15.5 Å². The topological polar surface area (TPSA) is 44.4 Å². The Morgan fingerprint density at radius 2 is 1.82 bits per heavy atom. The van der Waals surface area contributed by atoms with Crippen LogP contribution < -0.4 is 10.6 Å². The van der Waals surface area contributed by atoms with Crippen LogP contribution in [0.25, 0.3) is 0 Å². The molecule has 2 rings (SSSR count). The summed E-state index contributed by atoms with van der Waals surface area (Å²) in [5.41, 5.74) is 1.24. The van der Waals surface area contributed by atoms with E-state index in [1.807, 2.05) is 32.3 Å². The van der Waals surface area contributed by atoms with Gasteiger partial charge in [0.1, 0.15) is 0 Å². The highest BCUT2D eigenvalue weighted by Crippen LogP contribution is 2.17. The highest BCUT2D eigenvalue weighted by atomic mass is 35.5. The number of nitrogens with one attached hydrogen (secondary N) is 2. The van der Waals surface area contributed by atoms with Crippen LogP contribution in [0.2, 0.25) is 0 Å². The summed E-state index contributed by atoms with van der Waals surface area (Å²) in [7, 11) is 4.10. The zero-order valence-corrected chi connectivity index (χ0v) is 14.9. The summed E-state index contributed by atoms with van der Waals surface area (Å²) in [6.45, 7) is 2.57. The molecule has 0 bridgehead atoms. The van der Waals surface area contributed by atoms with Crippen LogP contribution in [-0.2, 0) is 4.79 Å². The van der Waals surface area contributed by atoms with Gasteiger partial charge in [0, 0.05) is 12.5 Å². The number of halogens is 2. The number of hydrogen-bond acceptors (Lipinski definition) is 3. The summed E-state index contributed by atoms with van der Waals surface area (Å²) < 4.78 is 0. The standard InChI is InChI=1S/C16H25N3O.2ClH/c1-19(2)15(13-6-4-3-5-7-13)12-18-16(20)14-8-10-17-11-9-14;;/h3-7,14-15,17H,8-12H2,1-2H3,(H,18,20);2*1H. The molecular weight excluding hydrogens is 321 g/mol. The maximum atomic E-state index is 12.2. The van der Waals surface area contributed by atoms with Crippen LogP contribution in [0, 0.1) is 5.92 Å². The van der Waals surface area contributed by atoms with Gasteiger partial charge in [-0.25, -0.2) is 0 Å². The van der Waals surface area contributed by atoms with Crippen molar-refractivity contribution in [2.75, 3.05) is 33.7 Å². The zero-order chi connectivity index (χ0) is 14.4. The molecule has 0 spiro atoms. The number of rotatable bonds is 5. The van der Waals surface area contributed by atoms with E-state index in [-0.39, 0.29) is 42.7 Å². The Morgan fingerprint density at radius 1 is 1.23 bits per heavy atom. The molecule has 0 aliphatic carbocycles. The molecule has 22 heavy (non-hydrogen) atoms. The van der Waals surface area contributed by atoms with Gasteiger partial charge < -0.3 is 15.5 Å². The van der Waals surface area contributed by atoms with Crippen LogP contribution in [0.3, 0.4) is 0 Å². The van der Waals surface area contributed by atoms with Crippen molar-refractivity contribution in [1.29, 1.82) is 0 Å². The second-order valence-corrected chi connectivity index (χ2v) is 5.66. The van der Waals surface area contributed by atoms with Gasteiger partial charge in [0.05, 0.1) is 6.04 Å². The largest absolute Gasteiger partial charge is 0.354 e. The van der Waals surface area contributed by atoms with E-state index in [4.69, 9.17) is 0 Å². The molecule has 0 saturated carbocycles. The van der Waals surface area contributed by atoms with Crippen molar-refractivity contribution in [3.8, 4) is 0 Å². The number of benzene rings is 1. The van der Waals surface area contributed by atoms with Crippen LogP contribution in [0.1, 0.15) is 24.4 Å². The predicted octanol–water partition coefficient (Wildman–Crippen LogP) is 2.25. The van der Waals surface area contributed by atoms with Crippen molar-refractivity contribution in [3.63, 3.8) is 0 Å². The van der Waals surface area contributed by atoms with Gasteiger partial charge in [-0.2, -0.15) is 0 Å². The van der Waals surface area contributed by atoms with E-state index in [1.165, 1.54) is 5.56 Å². The molecule has 0 radical (unpaired) electrons. The van der Waals surface area contributed by atoms with Crippen molar-refractivity contribution < 1.29 is 4.79 Å². The predicted molar refractivity (Wildman–Crippen MR) is 96.0 cm³/mol. The number of carbonyl (C=O) groups excluding carboxylic acids is 1. The molecule has 126 valence electrons. The molecule has 1 saturated heterocycles. The van der Waals surface area contributed by atoms with Crippen LogP contribution in [0.5, 0.6) is 0 Å². The average molecular weight is 348 g/mol. The van der Waals surface area contributed by atoms with E-state index >= 15 is 0 Å². The average Bonchev–Trinajstić information content (AvgIpc) is 2.49. The monoisotopic (exact) mass is 347 g/mol. The first kappa shape index (κ1) is 21.2. The van der Waals surface area contributed by atoms with Crippen molar-refractivity contribution in [3.05, 3.63) is 35.9 Å². The fraction of sp³-hybridized carbons (Fsp3) is 0.562. The van der Waals surface area contributed by atoms with Gasteiger partial charge in [0.2, 0.25) is 5.91 Å². The van der Waals surface area contributed by atoms with Gasteiger partial charge in [-0.05, 0) is 45.6 Å². The van der Waals surface area contributed by atoms with Gasteiger partial charge in [-0.3, -0.25) is 4.79 Å². The zero-order valence-electron chi connectivity index (χ0n) is 13.2. The lowest BCUT2D eigenvalue weighted by molar-refractivity contribution is -0.125. The molecule has 1 aromatic rings. The molecule has 1 aliphatic heterocycles. The quantitative estimate of drug-likeness (QED) is 0.858. The lowest BCUT2D eigenvalue weighted by atomic mass is 9.97. The molecule has 0 aromatic heterocycles. The molecule has 1 unspecified atom stereocenters. The van der Waals surface area contributed by atoms with E-state index in [1.54, 1.807) is 0 Å². The Kier molecular flexibility index (Phi) is 10.4. The highest BCUT2D eigenvalue weighted by Gasteiger charge is 2.22. The molecule has 1 atom stereocenters. The van der Waals surface area contributed by atoms with Gasteiger partial charge in [0.25, 0.3) is 0 Å². The number of nitrogens with zero attached hydrogens (tertiary/aromatic N) is 1. The second-order valence-electron chi connectivity index (χ2n) is 5.66. The Labute approximate surface area is 145 Å². The maximum Gasteiger partial charge on any atom is 0.223 e. The number of hydrogen-bond donors (Lipinski definition) is 2. The molecule has 1 fully saturated rings. The first-order valence-electron chi connectivity index (χ1n) is 7.38. The Balaban J connectivity index is 0.00000220. The molecule has 1 heterocycles. The highest BCUT2D eigenvalue weighted by molar-refractivity contribution is 5.85. The molecule has 2 N–H and O–H groups in total. The minimum absolute atomic E-state index is 0. The minimum atomic E-state index is 0. The Bertz CT molecular complexity index is 423. The number of piperidine rings is 1. The van der Waals surface area contributed by atoms with Crippen molar-refractivity contribution in [2.45, 2.75) is 18.9 Å². The molecule has 6 heteroatoms. The van der Waals surface area contributed by atoms with Gasteiger partial charge >= 0.3 is 0 Å². The summed E-state index contributed by atoms with van der Waals surface area (Å²) in [5.74, 6) is 0.379. The third-order valence-corrected chi connectivity index (χ3v) is 3.99. The molecule has 1 aromatic carbocycles. The van der Waals surface area contributed by atoms with Crippen LogP contribution >= 0.6 is 24.8 Å². The van der Waals surface area contributed by atoms with E-state index in [9.17, 15) is 4.79 Å². The van der Waals surface area contributed by atoms with Gasteiger partial charge in [-0.15, -0.1) is 24.8 Å². The second kappa shape index (κ2) is 10.8. The van der Waals surface area contributed by atoms with Gasteiger partial charge in [-0.1, -0.05) is 30.3 Å². The third kappa shape index (κ3) is 6.13. The lowest BCUT2D eigenvalue weighted by Gasteiger charge is -2.27. The Hall–Kier alpha value is -0.810. The van der Waals surface area contributed by atoms with Crippen molar-refractivity contribution >= 4 is 30.7 Å². The van der Waals surface area contributed by atoms with Crippen LogP contribution in [0.4, 0.5) is 0 Å². The van der Waals surface area contributed by atoms with Crippen molar-refractivity contribution in [2.24, 2.45) is 5.92 Å². The molecular formula is C16H27Cl2N3O. The SMILES string of the molecule is CN(C)C(CNC(=O)C1CCNCC1)c1ccccc1.Cl.Cl. The third-order valence-electron chi connectivity index (χ3n) is 3.99. The summed E-state index contributed by atoms with van der Waals surface area (Å²) in [6.07, 6.45) is 1.90. The number of carbonyl (C=O) groups is 1. The summed E-state index contributed by atoms with van der Waals surface area (Å²) in [4.78, 5) is 14.3. The van der Waals surface area contributed by atoms with E-state index in [0.29, 0.717) is 6.54 Å². The van der Waals surface area contributed by atoms with E-state index < -0.39 is 0 Å². The first-order chi connectivity index (χ1) is 9.68. The normalized spacial score (nSPS) is 16.3. The number of amides is 1. The number of likely N-dealkylation sites (N-methyl/N-ethyl adjacent to an activating group) is 1. The summed E-state index contributed by atoms with van der Waals surface area (Å²) in [6, 6.07) is 10.6. The van der Waals surface area contributed by atoms with E-state index in [2.05, 4.69) is 27.7 Å². The van der Waals surface area contributed by atoms with Gasteiger partial charge in [0.15, 0.2) is 0 Å². The smallest absolute Gasteiger partial charge is 0.223 e. The lowest BCUT2D eigenvalue weighted by Crippen LogP contribution is -2.41.